The van der Waals surface area contributed by atoms with Crippen molar-refractivity contribution < 1.29 is 37.5 Å². The van der Waals surface area contributed by atoms with Crippen molar-refractivity contribution in [2.75, 3.05) is 51.3 Å². The molecule has 3 aromatic carbocycles. The normalized spacial score (nSPS) is 19.2. The van der Waals surface area contributed by atoms with Gasteiger partial charge < -0.3 is 25.7 Å². The van der Waals surface area contributed by atoms with Crippen molar-refractivity contribution in [3.8, 4) is 11.1 Å². The number of nitrogens with one attached hydrogen (secondary N) is 4. The van der Waals surface area contributed by atoms with Crippen molar-refractivity contribution in [3.05, 3.63) is 94.9 Å². The van der Waals surface area contributed by atoms with Crippen LogP contribution in [0, 0.1) is 17.0 Å². The lowest BCUT2D eigenvalue weighted by molar-refractivity contribution is -0.136. The largest absolute Gasteiger partial charge is 0.387 e. The summed E-state index contributed by atoms with van der Waals surface area (Å²) in [4.78, 5) is 77.8. The number of aromatic nitrogens is 2. The summed E-state index contributed by atoms with van der Waals surface area (Å²) in [6, 6.07) is 11.4. The van der Waals surface area contributed by atoms with Crippen molar-refractivity contribution in [3.63, 3.8) is 0 Å². The second-order valence-electron chi connectivity index (χ2n) is 14.8. The number of fused-ring (bicyclic) bond motifs is 2. The number of morpholine rings is 1. The van der Waals surface area contributed by atoms with Crippen LogP contribution in [0.2, 0.25) is 0 Å². The number of benzene rings is 3. The summed E-state index contributed by atoms with van der Waals surface area (Å²) in [7, 11) is 0. The Morgan fingerprint density at radius 3 is 2.41 bits per heavy atom. The summed E-state index contributed by atoms with van der Waals surface area (Å²) in [5.41, 5.74) is 3.11. The quantitative estimate of drug-likeness (QED) is 0.128. The standard InChI is InChI=1S/C42H41F2N9O6/c43-30-17-24(18-31(44)29(30)23-51-13-15-59-16-14-51)27-3-1-6-33-39(27)49-34(21-47-33)25(19-45)20-46-26-9-11-52(12-10-26)37(55)22-48-32-5-2-4-28-38(32)42(58)53(41(28)57)35-7-8-36(54)50-40(35)56/h1-6,17-21,26,35,45-46,48H,7-16,22-23H2,(H,50,54,56)/b25-20+,45-19?. The van der Waals surface area contributed by atoms with E-state index in [2.05, 4.69) is 20.9 Å². The average Bonchev–Trinajstić information content (AvgIpc) is 3.50. The zero-order valence-electron chi connectivity index (χ0n) is 31.9. The molecule has 1 unspecified atom stereocenters. The van der Waals surface area contributed by atoms with Crippen molar-refractivity contribution in [1.29, 1.82) is 5.41 Å². The van der Waals surface area contributed by atoms with E-state index in [1.165, 1.54) is 18.2 Å². The van der Waals surface area contributed by atoms with Gasteiger partial charge >= 0.3 is 0 Å². The number of anilines is 1. The predicted molar refractivity (Wildman–Crippen MR) is 212 cm³/mol. The van der Waals surface area contributed by atoms with Crippen LogP contribution in [0.3, 0.4) is 0 Å². The molecule has 8 rings (SSSR count). The highest BCUT2D eigenvalue weighted by atomic mass is 19.1. The number of nitrogens with zero attached hydrogens (tertiary/aromatic N) is 5. The SMILES string of the molecule is N=C/C(=C\NC1CCN(C(=O)CNc2cccc3c2C(=O)N(C2CCC(=O)NC2=O)C3=O)CC1)c1cnc2cccc(-c3cc(F)c(CN4CCOCC4)c(F)c3)c2n1. The van der Waals surface area contributed by atoms with Gasteiger partial charge in [0.1, 0.15) is 17.7 Å². The van der Waals surface area contributed by atoms with Crippen LogP contribution in [0.15, 0.2) is 60.9 Å². The second kappa shape index (κ2) is 16.8. The molecule has 1 atom stereocenters. The summed E-state index contributed by atoms with van der Waals surface area (Å²) >= 11 is 0. The molecule has 5 heterocycles. The van der Waals surface area contributed by atoms with Gasteiger partial charge in [0.15, 0.2) is 0 Å². The van der Waals surface area contributed by atoms with E-state index in [0.717, 1.165) is 11.1 Å². The van der Waals surface area contributed by atoms with E-state index in [1.807, 2.05) is 4.90 Å². The highest BCUT2D eigenvalue weighted by Crippen LogP contribution is 2.33. The fourth-order valence-corrected chi connectivity index (χ4v) is 7.94. The Kier molecular flexibility index (Phi) is 11.2. The Morgan fingerprint density at radius 1 is 0.949 bits per heavy atom. The van der Waals surface area contributed by atoms with Crippen LogP contribution in [-0.2, 0) is 25.7 Å². The van der Waals surface area contributed by atoms with Crippen molar-refractivity contribution in [2.24, 2.45) is 0 Å². The van der Waals surface area contributed by atoms with E-state index in [4.69, 9.17) is 15.1 Å². The molecule has 15 nitrogen and oxygen atoms in total. The van der Waals surface area contributed by atoms with E-state index in [1.54, 1.807) is 47.6 Å². The first kappa shape index (κ1) is 39.4. The van der Waals surface area contributed by atoms with Gasteiger partial charge in [-0.3, -0.25) is 44.1 Å². The molecule has 4 aliphatic rings. The predicted octanol–water partition coefficient (Wildman–Crippen LogP) is 3.49. The summed E-state index contributed by atoms with van der Waals surface area (Å²) in [6.45, 7) is 3.13. The number of amides is 5. The van der Waals surface area contributed by atoms with Crippen LogP contribution >= 0.6 is 0 Å². The molecule has 4 aromatic rings. The number of halogens is 2. The van der Waals surface area contributed by atoms with Gasteiger partial charge in [-0.25, -0.2) is 13.8 Å². The van der Waals surface area contributed by atoms with E-state index in [-0.39, 0.29) is 54.6 Å². The number of ether oxygens (including phenoxy) is 1. The topological polar surface area (TPSA) is 190 Å². The summed E-state index contributed by atoms with van der Waals surface area (Å²) in [5, 5.41) is 16.7. The number of hydrogen-bond donors (Lipinski definition) is 4. The van der Waals surface area contributed by atoms with Crippen LogP contribution in [-0.4, -0.2) is 118 Å². The third-order valence-corrected chi connectivity index (χ3v) is 11.2. The molecule has 1 aromatic heterocycles. The number of hydrogen-bond acceptors (Lipinski definition) is 12. The first-order valence-corrected chi connectivity index (χ1v) is 19.5. The second-order valence-corrected chi connectivity index (χ2v) is 14.8. The zero-order chi connectivity index (χ0) is 41.2. The van der Waals surface area contributed by atoms with Gasteiger partial charge in [-0.1, -0.05) is 18.2 Å². The van der Waals surface area contributed by atoms with Gasteiger partial charge in [-0.05, 0) is 55.2 Å². The fourth-order valence-electron chi connectivity index (χ4n) is 7.94. The first-order chi connectivity index (χ1) is 28.6. The Balaban J connectivity index is 0.888. The summed E-state index contributed by atoms with van der Waals surface area (Å²) < 4.78 is 36.1. The van der Waals surface area contributed by atoms with Gasteiger partial charge in [0, 0.05) is 80.0 Å². The van der Waals surface area contributed by atoms with Gasteiger partial charge in [0.2, 0.25) is 17.7 Å². The number of carbonyl (C=O) groups excluding carboxylic acids is 5. The van der Waals surface area contributed by atoms with E-state index < -0.39 is 41.3 Å². The van der Waals surface area contributed by atoms with Crippen LogP contribution in [0.25, 0.3) is 27.7 Å². The van der Waals surface area contributed by atoms with Gasteiger partial charge in [-0.2, -0.15) is 0 Å². The summed E-state index contributed by atoms with van der Waals surface area (Å²) in [5.74, 6) is -3.94. The minimum atomic E-state index is -1.10. The van der Waals surface area contributed by atoms with Gasteiger partial charge in [0.25, 0.3) is 11.8 Å². The first-order valence-electron chi connectivity index (χ1n) is 19.5. The molecule has 4 N–H and O–H groups in total. The Bertz CT molecular complexity index is 2390. The van der Waals surface area contributed by atoms with E-state index in [9.17, 15) is 24.0 Å². The number of piperidine rings is 2. The maximum Gasteiger partial charge on any atom is 0.264 e. The smallest absolute Gasteiger partial charge is 0.264 e. The number of likely N-dealkylation sites (tertiary alicyclic amines) is 1. The molecular formula is C42H41F2N9O6. The molecule has 0 saturated carbocycles. The molecule has 3 fully saturated rings. The van der Waals surface area contributed by atoms with Crippen LogP contribution < -0.4 is 16.0 Å². The number of para-hydroxylation sites is 1. The number of allylic oxidation sites excluding steroid dienone is 1. The molecule has 59 heavy (non-hydrogen) atoms. The fraction of sp³-hybridized carbons (Fsp3) is 0.333. The molecule has 3 saturated heterocycles. The molecular weight excluding hydrogens is 765 g/mol. The van der Waals surface area contributed by atoms with E-state index in [0.29, 0.717) is 91.3 Å². The maximum absolute atomic E-state index is 15.4. The minimum absolute atomic E-state index is 0.00252. The van der Waals surface area contributed by atoms with Crippen LogP contribution in [0.5, 0.6) is 0 Å². The zero-order valence-corrected chi connectivity index (χ0v) is 31.9. The minimum Gasteiger partial charge on any atom is -0.387 e. The lowest BCUT2D eigenvalue weighted by Crippen LogP contribution is -2.54. The number of rotatable bonds is 11. The van der Waals surface area contributed by atoms with Crippen molar-refractivity contribution in [2.45, 2.75) is 44.3 Å². The molecule has 5 amide bonds. The van der Waals surface area contributed by atoms with Crippen molar-refractivity contribution in [1.82, 2.24) is 35.3 Å². The molecule has 0 aliphatic carbocycles. The average molecular weight is 806 g/mol. The molecule has 0 spiro atoms. The lowest BCUT2D eigenvalue weighted by atomic mass is 10.0. The molecule has 304 valence electrons. The molecule has 0 radical (unpaired) electrons. The number of carbonyl (C=O) groups is 5. The third-order valence-electron chi connectivity index (χ3n) is 11.2. The highest BCUT2D eigenvalue weighted by molar-refractivity contribution is 6.25. The molecule has 0 bridgehead atoms. The monoisotopic (exact) mass is 805 g/mol. The number of imide groups is 2. The van der Waals surface area contributed by atoms with Crippen molar-refractivity contribution >= 4 is 58.0 Å². The Hall–Kier alpha value is -6.46. The summed E-state index contributed by atoms with van der Waals surface area (Å²) in [6.07, 6.45) is 5.64. The molecule has 4 aliphatic heterocycles. The Morgan fingerprint density at radius 2 is 1.68 bits per heavy atom. The third kappa shape index (κ3) is 8.03. The van der Waals surface area contributed by atoms with Gasteiger partial charge in [0.05, 0.1) is 53.8 Å². The highest BCUT2D eigenvalue weighted by Gasteiger charge is 2.45. The lowest BCUT2D eigenvalue weighted by Gasteiger charge is -2.32. The van der Waals surface area contributed by atoms with E-state index >= 15 is 8.78 Å². The van der Waals surface area contributed by atoms with Gasteiger partial charge in [-0.15, -0.1) is 0 Å². The van der Waals surface area contributed by atoms with Crippen LogP contribution in [0.1, 0.15) is 57.7 Å². The molecule has 17 heteroatoms. The Labute approximate surface area is 337 Å². The van der Waals surface area contributed by atoms with Crippen LogP contribution in [0.4, 0.5) is 14.5 Å². The maximum atomic E-state index is 15.4.